The summed E-state index contributed by atoms with van der Waals surface area (Å²) in [5, 5.41) is 7.91. The summed E-state index contributed by atoms with van der Waals surface area (Å²) in [5.41, 5.74) is 5.30. The fraction of sp³-hybridized carbons (Fsp3) is 0.286. The number of amidine groups is 1. The molecule has 0 aliphatic carbocycles. The molecule has 1 unspecified atom stereocenters. The van der Waals surface area contributed by atoms with Gasteiger partial charge in [0, 0.05) is 12.4 Å². The summed E-state index contributed by atoms with van der Waals surface area (Å²) < 4.78 is 0. The van der Waals surface area contributed by atoms with Crippen molar-refractivity contribution < 1.29 is 0 Å². The highest BCUT2D eigenvalue weighted by atomic mass is 32.2. The zero-order valence-corrected chi connectivity index (χ0v) is 7.51. The third-order valence-corrected chi connectivity index (χ3v) is 2.33. The third kappa shape index (κ3) is 2.50. The molecular weight excluding hydrogens is 172 g/mol. The van der Waals surface area contributed by atoms with Gasteiger partial charge in [0.25, 0.3) is 0 Å². The number of nitrogens with zero attached hydrogens (tertiary/aromatic N) is 2. The summed E-state index contributed by atoms with van der Waals surface area (Å²) in [7, 11) is 0. The summed E-state index contributed by atoms with van der Waals surface area (Å²) in [6, 6.07) is 0. The van der Waals surface area contributed by atoms with E-state index in [0.717, 1.165) is 5.03 Å². The topological polar surface area (TPSA) is 75.7 Å². The van der Waals surface area contributed by atoms with E-state index in [4.69, 9.17) is 11.1 Å². The van der Waals surface area contributed by atoms with E-state index in [2.05, 4.69) is 9.97 Å². The molecule has 64 valence electrons. The molecule has 4 nitrogen and oxygen atoms in total. The monoisotopic (exact) mass is 182 g/mol. The van der Waals surface area contributed by atoms with Crippen LogP contribution in [0.3, 0.4) is 0 Å². The van der Waals surface area contributed by atoms with Crippen LogP contribution in [0.2, 0.25) is 0 Å². The van der Waals surface area contributed by atoms with Gasteiger partial charge in [-0.3, -0.25) is 10.4 Å². The quantitative estimate of drug-likeness (QED) is 0.413. The lowest BCUT2D eigenvalue weighted by atomic mass is 10.4. The lowest BCUT2D eigenvalue weighted by Gasteiger charge is -2.06. The van der Waals surface area contributed by atoms with Crippen LogP contribution in [-0.2, 0) is 0 Å². The molecule has 0 bridgehead atoms. The highest BCUT2D eigenvalue weighted by molar-refractivity contribution is 8.00. The molecule has 0 radical (unpaired) electrons. The van der Waals surface area contributed by atoms with E-state index < -0.39 is 0 Å². The molecule has 1 aromatic rings. The molecule has 0 saturated heterocycles. The molecule has 1 rings (SSSR count). The summed E-state index contributed by atoms with van der Waals surface area (Å²) in [6.07, 6.45) is 4.89. The van der Waals surface area contributed by atoms with Gasteiger partial charge in [-0.25, -0.2) is 4.98 Å². The SMILES string of the molecule is CC(Sc1cnccn1)C(=N)N. The van der Waals surface area contributed by atoms with Crippen LogP contribution in [0.25, 0.3) is 0 Å². The number of rotatable bonds is 3. The number of hydrogen-bond acceptors (Lipinski definition) is 4. The van der Waals surface area contributed by atoms with Crippen LogP contribution in [0.4, 0.5) is 0 Å². The number of thioether (sulfide) groups is 1. The lowest BCUT2D eigenvalue weighted by Crippen LogP contribution is -2.21. The Labute approximate surface area is 75.1 Å². The molecule has 0 saturated carbocycles. The van der Waals surface area contributed by atoms with E-state index in [1.165, 1.54) is 11.8 Å². The van der Waals surface area contributed by atoms with Crippen molar-refractivity contribution in [1.82, 2.24) is 9.97 Å². The standard InChI is InChI=1S/C7H10N4S/c1-5(7(8)9)12-6-4-10-2-3-11-6/h2-5H,1H3,(H3,8,9). The molecule has 0 fully saturated rings. The van der Waals surface area contributed by atoms with Gasteiger partial charge in [-0.05, 0) is 6.92 Å². The summed E-state index contributed by atoms with van der Waals surface area (Å²) >= 11 is 1.43. The predicted molar refractivity (Wildman–Crippen MR) is 49.3 cm³/mol. The molecular formula is C7H10N4S. The molecule has 0 spiro atoms. The Morgan fingerprint density at radius 3 is 2.92 bits per heavy atom. The Morgan fingerprint density at radius 1 is 1.67 bits per heavy atom. The van der Waals surface area contributed by atoms with Crippen molar-refractivity contribution in [2.24, 2.45) is 5.73 Å². The first-order valence-corrected chi connectivity index (χ1v) is 4.34. The maximum absolute atomic E-state index is 7.16. The molecule has 1 atom stereocenters. The molecule has 1 heterocycles. The van der Waals surface area contributed by atoms with Crippen molar-refractivity contribution in [3.05, 3.63) is 18.6 Å². The minimum absolute atomic E-state index is 0.0401. The van der Waals surface area contributed by atoms with E-state index in [0.29, 0.717) is 0 Å². The van der Waals surface area contributed by atoms with Gasteiger partial charge in [0.15, 0.2) is 0 Å². The van der Waals surface area contributed by atoms with Crippen molar-refractivity contribution in [1.29, 1.82) is 5.41 Å². The molecule has 0 amide bonds. The van der Waals surface area contributed by atoms with Crippen molar-refractivity contribution in [2.75, 3.05) is 0 Å². The lowest BCUT2D eigenvalue weighted by molar-refractivity contribution is 1.05. The van der Waals surface area contributed by atoms with E-state index in [9.17, 15) is 0 Å². The van der Waals surface area contributed by atoms with Crippen molar-refractivity contribution >= 4 is 17.6 Å². The Morgan fingerprint density at radius 2 is 2.42 bits per heavy atom. The number of nitrogens with one attached hydrogen (secondary N) is 1. The first kappa shape index (κ1) is 8.99. The van der Waals surface area contributed by atoms with Crippen molar-refractivity contribution in [2.45, 2.75) is 17.2 Å². The summed E-state index contributed by atoms with van der Waals surface area (Å²) in [5.74, 6) is 0.158. The van der Waals surface area contributed by atoms with Crippen LogP contribution < -0.4 is 5.73 Å². The van der Waals surface area contributed by atoms with Crippen molar-refractivity contribution in [3.63, 3.8) is 0 Å². The Kier molecular flexibility index (Phi) is 3.04. The predicted octanol–water partition coefficient (Wildman–Crippen LogP) is 0.893. The van der Waals surface area contributed by atoms with Crippen LogP contribution in [-0.4, -0.2) is 21.1 Å². The van der Waals surface area contributed by atoms with Gasteiger partial charge < -0.3 is 5.73 Å². The Hall–Kier alpha value is -1.10. The Bertz CT molecular complexity index is 261. The second kappa shape index (κ2) is 4.06. The zero-order chi connectivity index (χ0) is 8.97. The van der Waals surface area contributed by atoms with Crippen LogP contribution in [0.1, 0.15) is 6.92 Å². The van der Waals surface area contributed by atoms with Crippen LogP contribution in [0.5, 0.6) is 0 Å². The van der Waals surface area contributed by atoms with Crippen LogP contribution in [0.15, 0.2) is 23.6 Å². The fourth-order valence-electron chi connectivity index (χ4n) is 0.591. The minimum atomic E-state index is -0.0401. The number of nitrogens with two attached hydrogens (primary N) is 1. The first-order chi connectivity index (χ1) is 5.70. The summed E-state index contributed by atoms with van der Waals surface area (Å²) in [6.45, 7) is 1.86. The van der Waals surface area contributed by atoms with Crippen LogP contribution in [0, 0.1) is 5.41 Å². The largest absolute Gasteiger partial charge is 0.387 e. The molecule has 0 aromatic carbocycles. The van der Waals surface area contributed by atoms with E-state index in [1.807, 2.05) is 6.92 Å². The van der Waals surface area contributed by atoms with Gasteiger partial charge in [0.1, 0.15) is 10.9 Å². The smallest absolute Gasteiger partial charge is 0.115 e. The maximum atomic E-state index is 7.16. The normalized spacial score (nSPS) is 12.4. The minimum Gasteiger partial charge on any atom is -0.387 e. The van der Waals surface area contributed by atoms with Gasteiger partial charge in [-0.1, -0.05) is 11.8 Å². The van der Waals surface area contributed by atoms with Gasteiger partial charge in [0.05, 0.1) is 11.4 Å². The second-order valence-electron chi connectivity index (χ2n) is 2.26. The zero-order valence-electron chi connectivity index (χ0n) is 6.69. The first-order valence-electron chi connectivity index (χ1n) is 3.46. The van der Waals surface area contributed by atoms with Crippen LogP contribution >= 0.6 is 11.8 Å². The molecule has 5 heteroatoms. The Balaban J connectivity index is 2.58. The van der Waals surface area contributed by atoms with Gasteiger partial charge in [-0.2, -0.15) is 0 Å². The van der Waals surface area contributed by atoms with E-state index in [-0.39, 0.29) is 11.1 Å². The highest BCUT2D eigenvalue weighted by Crippen LogP contribution is 2.18. The highest BCUT2D eigenvalue weighted by Gasteiger charge is 2.07. The van der Waals surface area contributed by atoms with E-state index in [1.54, 1.807) is 18.6 Å². The van der Waals surface area contributed by atoms with Crippen molar-refractivity contribution in [3.8, 4) is 0 Å². The van der Waals surface area contributed by atoms with Gasteiger partial charge >= 0.3 is 0 Å². The summed E-state index contributed by atoms with van der Waals surface area (Å²) in [4.78, 5) is 7.95. The molecule has 0 aliphatic rings. The molecule has 3 N–H and O–H groups in total. The molecule has 12 heavy (non-hydrogen) atoms. The average molecular weight is 182 g/mol. The maximum Gasteiger partial charge on any atom is 0.115 e. The van der Waals surface area contributed by atoms with Gasteiger partial charge in [0.2, 0.25) is 0 Å². The molecule has 1 aromatic heterocycles. The average Bonchev–Trinajstić information content (AvgIpc) is 2.06. The fourth-order valence-corrected chi connectivity index (χ4v) is 1.32. The molecule has 0 aliphatic heterocycles. The van der Waals surface area contributed by atoms with Gasteiger partial charge in [-0.15, -0.1) is 0 Å². The number of aromatic nitrogens is 2. The third-order valence-electron chi connectivity index (χ3n) is 1.27. The van der Waals surface area contributed by atoms with E-state index >= 15 is 0 Å². The number of hydrogen-bond donors (Lipinski definition) is 2. The second-order valence-corrected chi connectivity index (χ2v) is 3.62.